The summed E-state index contributed by atoms with van der Waals surface area (Å²) in [6.07, 6.45) is 0. The fourth-order valence-electron chi connectivity index (χ4n) is 1.57. The molecule has 1 aromatic rings. The van der Waals surface area contributed by atoms with E-state index < -0.39 is 0 Å². The third-order valence-electron chi connectivity index (χ3n) is 2.61. The van der Waals surface area contributed by atoms with Crippen molar-refractivity contribution in [2.24, 2.45) is 5.92 Å². The van der Waals surface area contributed by atoms with Crippen LogP contribution in [0, 0.1) is 17.2 Å². The third-order valence-corrected chi connectivity index (χ3v) is 2.61. The van der Waals surface area contributed by atoms with Crippen molar-refractivity contribution in [1.82, 2.24) is 4.90 Å². The van der Waals surface area contributed by atoms with E-state index in [4.69, 9.17) is 5.26 Å². The largest absolute Gasteiger partial charge is 0.504 e. The van der Waals surface area contributed by atoms with Crippen LogP contribution in [0.4, 0.5) is 0 Å². The summed E-state index contributed by atoms with van der Waals surface area (Å²) in [4.78, 5) is 13.6. The summed E-state index contributed by atoms with van der Waals surface area (Å²) in [5.74, 6) is -1.11. The Bertz CT molecular complexity index is 480. The number of phenols is 2. The standard InChI is InChI=1S/C13H16N2O3/c1-3-15(8-9(2)7-14)13(18)10-4-5-11(16)12(17)6-10/h4-6,9,16-17H,3,8H2,1-2H3. The number of benzene rings is 1. The highest BCUT2D eigenvalue weighted by Crippen LogP contribution is 2.25. The highest BCUT2D eigenvalue weighted by molar-refractivity contribution is 5.94. The molecular weight excluding hydrogens is 232 g/mol. The second kappa shape index (κ2) is 5.92. The molecule has 1 aromatic carbocycles. The number of phenolic OH excluding ortho intramolecular Hbond substituents is 2. The number of amides is 1. The van der Waals surface area contributed by atoms with Crippen molar-refractivity contribution in [1.29, 1.82) is 5.26 Å². The second-order valence-electron chi connectivity index (χ2n) is 4.08. The van der Waals surface area contributed by atoms with Gasteiger partial charge >= 0.3 is 0 Å². The first-order valence-corrected chi connectivity index (χ1v) is 5.70. The van der Waals surface area contributed by atoms with E-state index in [0.717, 1.165) is 0 Å². The summed E-state index contributed by atoms with van der Waals surface area (Å²) in [5.41, 5.74) is 0.289. The molecule has 1 amide bonds. The third kappa shape index (κ3) is 3.14. The maximum absolute atomic E-state index is 12.1. The fourth-order valence-corrected chi connectivity index (χ4v) is 1.57. The van der Waals surface area contributed by atoms with Crippen molar-refractivity contribution in [3.63, 3.8) is 0 Å². The van der Waals surface area contributed by atoms with Crippen molar-refractivity contribution in [3.05, 3.63) is 23.8 Å². The van der Waals surface area contributed by atoms with E-state index in [-0.39, 0.29) is 28.9 Å². The fraction of sp³-hybridized carbons (Fsp3) is 0.385. The molecule has 1 unspecified atom stereocenters. The number of carbonyl (C=O) groups excluding carboxylic acids is 1. The van der Waals surface area contributed by atoms with Crippen molar-refractivity contribution < 1.29 is 15.0 Å². The van der Waals surface area contributed by atoms with Gasteiger partial charge in [0.1, 0.15) is 0 Å². The van der Waals surface area contributed by atoms with Crippen molar-refractivity contribution in [2.75, 3.05) is 13.1 Å². The summed E-state index contributed by atoms with van der Waals surface area (Å²) in [5, 5.41) is 27.3. The molecular formula is C13H16N2O3. The molecule has 0 saturated heterocycles. The Morgan fingerprint density at radius 3 is 2.61 bits per heavy atom. The first kappa shape index (κ1) is 13.8. The molecule has 0 spiro atoms. The van der Waals surface area contributed by atoms with E-state index in [1.54, 1.807) is 6.92 Å². The van der Waals surface area contributed by atoms with Gasteiger partial charge in [0.05, 0.1) is 12.0 Å². The van der Waals surface area contributed by atoms with Gasteiger partial charge < -0.3 is 15.1 Å². The Kier molecular flexibility index (Phi) is 4.55. The summed E-state index contributed by atoms with van der Waals surface area (Å²) in [7, 11) is 0. The number of carbonyl (C=O) groups is 1. The van der Waals surface area contributed by atoms with Crippen LogP contribution in [-0.2, 0) is 0 Å². The molecule has 0 aromatic heterocycles. The second-order valence-corrected chi connectivity index (χ2v) is 4.08. The van der Waals surface area contributed by atoms with Crippen LogP contribution in [0.5, 0.6) is 11.5 Å². The monoisotopic (exact) mass is 248 g/mol. The molecule has 2 N–H and O–H groups in total. The lowest BCUT2D eigenvalue weighted by atomic mass is 10.1. The Hall–Kier alpha value is -2.22. The van der Waals surface area contributed by atoms with E-state index in [2.05, 4.69) is 6.07 Å². The van der Waals surface area contributed by atoms with Gasteiger partial charge in [-0.25, -0.2) is 0 Å². The average Bonchev–Trinajstić information content (AvgIpc) is 2.38. The van der Waals surface area contributed by atoms with Gasteiger partial charge in [-0.05, 0) is 32.0 Å². The van der Waals surface area contributed by atoms with Crippen LogP contribution in [0.25, 0.3) is 0 Å². The van der Waals surface area contributed by atoms with Crippen molar-refractivity contribution >= 4 is 5.91 Å². The molecule has 96 valence electrons. The lowest BCUT2D eigenvalue weighted by Crippen LogP contribution is -2.34. The highest BCUT2D eigenvalue weighted by Gasteiger charge is 2.17. The minimum atomic E-state index is -0.328. The zero-order chi connectivity index (χ0) is 13.7. The lowest BCUT2D eigenvalue weighted by Gasteiger charge is -2.22. The van der Waals surface area contributed by atoms with Crippen LogP contribution < -0.4 is 0 Å². The lowest BCUT2D eigenvalue weighted by molar-refractivity contribution is 0.0752. The Balaban J connectivity index is 2.90. The molecule has 18 heavy (non-hydrogen) atoms. The molecule has 0 fully saturated rings. The molecule has 5 nitrogen and oxygen atoms in total. The van der Waals surface area contributed by atoms with Crippen molar-refractivity contribution in [3.8, 4) is 17.6 Å². The zero-order valence-corrected chi connectivity index (χ0v) is 10.4. The number of hydrogen-bond acceptors (Lipinski definition) is 4. The first-order chi connectivity index (χ1) is 8.49. The summed E-state index contributed by atoms with van der Waals surface area (Å²) < 4.78 is 0. The smallest absolute Gasteiger partial charge is 0.254 e. The van der Waals surface area contributed by atoms with Gasteiger partial charge in [-0.2, -0.15) is 5.26 Å². The molecule has 1 rings (SSSR count). The first-order valence-electron chi connectivity index (χ1n) is 5.70. The van der Waals surface area contributed by atoms with Gasteiger partial charge in [0.2, 0.25) is 0 Å². The summed E-state index contributed by atoms with van der Waals surface area (Å²) in [6, 6.07) is 6.00. The van der Waals surface area contributed by atoms with Gasteiger partial charge in [-0.3, -0.25) is 4.79 Å². The van der Waals surface area contributed by atoms with Gasteiger partial charge in [0, 0.05) is 18.7 Å². The Labute approximate surface area is 106 Å². The topological polar surface area (TPSA) is 84.6 Å². The Morgan fingerprint density at radius 2 is 2.11 bits per heavy atom. The van der Waals surface area contributed by atoms with Gasteiger partial charge in [-0.15, -0.1) is 0 Å². The molecule has 0 aliphatic carbocycles. The summed E-state index contributed by atoms with van der Waals surface area (Å²) >= 11 is 0. The van der Waals surface area contributed by atoms with E-state index in [1.165, 1.54) is 23.1 Å². The molecule has 0 bridgehead atoms. The molecule has 5 heteroatoms. The minimum Gasteiger partial charge on any atom is -0.504 e. The van der Waals surface area contributed by atoms with Crippen LogP contribution in [-0.4, -0.2) is 34.1 Å². The predicted molar refractivity (Wildman–Crippen MR) is 66.1 cm³/mol. The molecule has 0 saturated carbocycles. The van der Waals surface area contributed by atoms with Crippen LogP contribution in [0.15, 0.2) is 18.2 Å². The predicted octanol–water partition coefficient (Wildman–Crippen LogP) is 1.72. The van der Waals surface area contributed by atoms with Crippen molar-refractivity contribution in [2.45, 2.75) is 13.8 Å². The van der Waals surface area contributed by atoms with E-state index >= 15 is 0 Å². The zero-order valence-electron chi connectivity index (χ0n) is 10.4. The van der Waals surface area contributed by atoms with E-state index in [9.17, 15) is 15.0 Å². The molecule has 1 atom stereocenters. The molecule has 0 heterocycles. The number of aromatic hydroxyl groups is 2. The minimum absolute atomic E-state index is 0.250. The van der Waals surface area contributed by atoms with Crippen LogP contribution in [0.2, 0.25) is 0 Å². The van der Waals surface area contributed by atoms with Crippen LogP contribution in [0.1, 0.15) is 24.2 Å². The van der Waals surface area contributed by atoms with Crippen LogP contribution in [0.3, 0.4) is 0 Å². The van der Waals surface area contributed by atoms with E-state index in [1.807, 2.05) is 6.92 Å². The SMILES string of the molecule is CCN(CC(C)C#N)C(=O)c1ccc(O)c(O)c1. The number of nitriles is 1. The number of hydrogen-bond donors (Lipinski definition) is 2. The van der Waals surface area contributed by atoms with Gasteiger partial charge in [0.25, 0.3) is 5.91 Å². The maximum atomic E-state index is 12.1. The normalized spacial score (nSPS) is 11.6. The number of nitrogens with zero attached hydrogens (tertiary/aromatic N) is 2. The molecule has 0 aliphatic heterocycles. The van der Waals surface area contributed by atoms with Gasteiger partial charge in [-0.1, -0.05) is 0 Å². The quantitative estimate of drug-likeness (QED) is 0.794. The molecule has 0 radical (unpaired) electrons. The summed E-state index contributed by atoms with van der Waals surface area (Å²) in [6.45, 7) is 4.38. The Morgan fingerprint density at radius 1 is 1.44 bits per heavy atom. The number of rotatable bonds is 4. The highest BCUT2D eigenvalue weighted by atomic mass is 16.3. The van der Waals surface area contributed by atoms with Crippen LogP contribution >= 0.6 is 0 Å². The van der Waals surface area contributed by atoms with E-state index in [0.29, 0.717) is 13.1 Å². The average molecular weight is 248 g/mol. The maximum Gasteiger partial charge on any atom is 0.254 e. The molecule has 0 aliphatic rings. The van der Waals surface area contributed by atoms with Gasteiger partial charge in [0.15, 0.2) is 11.5 Å².